The standard InChI is InChI=1S/C13H6F6N2O2/c14-12(15,16)7-5-10(21(22)23)11(20-6-7)8-3-1-2-4-9(8)13(17,18)19/h1-6H. The molecule has 23 heavy (non-hydrogen) atoms. The highest BCUT2D eigenvalue weighted by molar-refractivity contribution is 5.73. The third kappa shape index (κ3) is 3.41. The Hall–Kier alpha value is -2.65. The molecule has 1 aromatic heterocycles. The summed E-state index contributed by atoms with van der Waals surface area (Å²) >= 11 is 0. The van der Waals surface area contributed by atoms with E-state index in [1.54, 1.807) is 0 Å². The summed E-state index contributed by atoms with van der Waals surface area (Å²) < 4.78 is 76.6. The van der Waals surface area contributed by atoms with Gasteiger partial charge in [-0.3, -0.25) is 10.1 Å². The number of aromatic nitrogens is 1. The minimum Gasteiger partial charge on any atom is -0.258 e. The molecule has 0 amide bonds. The van der Waals surface area contributed by atoms with Crippen molar-refractivity contribution in [3.05, 3.63) is 57.8 Å². The molecule has 10 heteroatoms. The lowest BCUT2D eigenvalue weighted by atomic mass is 10.0. The van der Waals surface area contributed by atoms with Crippen LogP contribution in [-0.4, -0.2) is 9.91 Å². The summed E-state index contributed by atoms with van der Waals surface area (Å²) in [4.78, 5) is 13.0. The maximum absolute atomic E-state index is 13.0. The van der Waals surface area contributed by atoms with Crippen LogP contribution >= 0.6 is 0 Å². The first-order chi connectivity index (χ1) is 10.5. The van der Waals surface area contributed by atoms with Gasteiger partial charge in [0.2, 0.25) is 0 Å². The lowest BCUT2D eigenvalue weighted by Gasteiger charge is -2.13. The summed E-state index contributed by atoms with van der Waals surface area (Å²) in [5.74, 6) is 0. The van der Waals surface area contributed by atoms with Crippen molar-refractivity contribution in [2.45, 2.75) is 12.4 Å². The van der Waals surface area contributed by atoms with E-state index in [9.17, 15) is 36.5 Å². The predicted molar refractivity (Wildman–Crippen MR) is 66.3 cm³/mol. The largest absolute Gasteiger partial charge is 0.418 e. The molecule has 0 radical (unpaired) electrons. The fraction of sp³-hybridized carbons (Fsp3) is 0.154. The maximum atomic E-state index is 13.0. The highest BCUT2D eigenvalue weighted by Crippen LogP contribution is 2.40. The molecule has 0 atom stereocenters. The molecule has 0 fully saturated rings. The molecule has 0 saturated heterocycles. The molecule has 1 aromatic carbocycles. The molecule has 0 aliphatic heterocycles. The zero-order valence-corrected chi connectivity index (χ0v) is 10.9. The van der Waals surface area contributed by atoms with E-state index in [1.165, 1.54) is 6.07 Å². The summed E-state index contributed by atoms with van der Waals surface area (Å²) in [7, 11) is 0. The number of alkyl halides is 6. The Morgan fingerprint density at radius 3 is 2.13 bits per heavy atom. The lowest BCUT2D eigenvalue weighted by Crippen LogP contribution is -2.10. The third-order valence-corrected chi connectivity index (χ3v) is 2.88. The molecule has 2 rings (SSSR count). The Labute approximate surface area is 124 Å². The second-order valence-corrected chi connectivity index (χ2v) is 4.39. The van der Waals surface area contributed by atoms with E-state index >= 15 is 0 Å². The van der Waals surface area contributed by atoms with E-state index in [1.807, 2.05) is 0 Å². The number of hydrogen-bond acceptors (Lipinski definition) is 3. The average molecular weight is 336 g/mol. The van der Waals surface area contributed by atoms with Gasteiger partial charge in [0.1, 0.15) is 5.69 Å². The van der Waals surface area contributed by atoms with Crippen molar-refractivity contribution < 1.29 is 31.3 Å². The topological polar surface area (TPSA) is 56.0 Å². The molecule has 0 saturated carbocycles. The zero-order chi connectivity index (χ0) is 17.4. The summed E-state index contributed by atoms with van der Waals surface area (Å²) in [5.41, 5.74) is -5.25. The first-order valence-corrected chi connectivity index (χ1v) is 5.90. The molecule has 4 nitrogen and oxygen atoms in total. The highest BCUT2D eigenvalue weighted by atomic mass is 19.4. The van der Waals surface area contributed by atoms with Crippen LogP contribution in [0.3, 0.4) is 0 Å². The van der Waals surface area contributed by atoms with Gasteiger partial charge in [0, 0.05) is 17.8 Å². The Bertz CT molecular complexity index is 755. The van der Waals surface area contributed by atoms with Crippen LogP contribution in [0.4, 0.5) is 32.0 Å². The van der Waals surface area contributed by atoms with Crippen molar-refractivity contribution in [1.82, 2.24) is 4.98 Å². The van der Waals surface area contributed by atoms with Crippen molar-refractivity contribution >= 4 is 5.69 Å². The van der Waals surface area contributed by atoms with Crippen molar-refractivity contribution in [1.29, 1.82) is 0 Å². The summed E-state index contributed by atoms with van der Waals surface area (Å²) in [6, 6.07) is 3.97. The monoisotopic (exact) mass is 336 g/mol. The molecule has 2 aromatic rings. The fourth-order valence-corrected chi connectivity index (χ4v) is 1.89. The van der Waals surface area contributed by atoms with Gasteiger partial charge in [-0.05, 0) is 6.07 Å². The number of pyridine rings is 1. The second kappa shape index (κ2) is 5.52. The SMILES string of the molecule is O=[N+]([O-])c1cc(C(F)(F)F)cnc1-c1ccccc1C(F)(F)F. The van der Waals surface area contributed by atoms with Crippen LogP contribution in [0.15, 0.2) is 36.5 Å². The van der Waals surface area contributed by atoms with Crippen LogP contribution in [0.25, 0.3) is 11.3 Å². The normalized spacial score (nSPS) is 12.3. The van der Waals surface area contributed by atoms with Crippen molar-refractivity contribution in [2.24, 2.45) is 0 Å². The van der Waals surface area contributed by atoms with Crippen LogP contribution in [0.2, 0.25) is 0 Å². The second-order valence-electron chi connectivity index (χ2n) is 4.39. The molecule has 0 spiro atoms. The van der Waals surface area contributed by atoms with Gasteiger partial charge >= 0.3 is 12.4 Å². The molecule has 0 aliphatic carbocycles. The summed E-state index contributed by atoms with van der Waals surface area (Å²) in [6.07, 6.45) is -9.48. The van der Waals surface area contributed by atoms with Gasteiger partial charge < -0.3 is 0 Å². The molecule has 0 unspecified atom stereocenters. The van der Waals surface area contributed by atoms with Gasteiger partial charge in [0.05, 0.1) is 16.1 Å². The Kier molecular flexibility index (Phi) is 4.01. The third-order valence-electron chi connectivity index (χ3n) is 2.88. The number of benzene rings is 1. The molecular weight excluding hydrogens is 330 g/mol. The predicted octanol–water partition coefficient (Wildman–Crippen LogP) is 4.69. The molecular formula is C13H6F6N2O2. The van der Waals surface area contributed by atoms with E-state index in [2.05, 4.69) is 4.98 Å². The highest BCUT2D eigenvalue weighted by Gasteiger charge is 2.37. The minimum absolute atomic E-state index is 0.162. The summed E-state index contributed by atoms with van der Waals surface area (Å²) in [5, 5.41) is 11.0. The summed E-state index contributed by atoms with van der Waals surface area (Å²) in [6.45, 7) is 0. The number of nitro groups is 1. The first kappa shape index (κ1) is 16.7. The van der Waals surface area contributed by atoms with Crippen molar-refractivity contribution in [2.75, 3.05) is 0 Å². The zero-order valence-electron chi connectivity index (χ0n) is 10.9. The Morgan fingerprint density at radius 2 is 1.61 bits per heavy atom. The number of halogens is 6. The Balaban J connectivity index is 2.73. The van der Waals surface area contributed by atoms with E-state index in [0.717, 1.165) is 12.1 Å². The lowest BCUT2D eigenvalue weighted by molar-refractivity contribution is -0.384. The smallest absolute Gasteiger partial charge is 0.258 e. The molecule has 0 bridgehead atoms. The average Bonchev–Trinajstić information content (AvgIpc) is 2.44. The van der Waals surface area contributed by atoms with Crippen LogP contribution in [-0.2, 0) is 12.4 Å². The Morgan fingerprint density at radius 1 is 1.00 bits per heavy atom. The van der Waals surface area contributed by atoms with Crippen LogP contribution in [0.1, 0.15) is 11.1 Å². The van der Waals surface area contributed by atoms with E-state index in [0.29, 0.717) is 6.07 Å². The van der Waals surface area contributed by atoms with Gasteiger partial charge in [0.15, 0.2) is 0 Å². The molecule has 0 aliphatic rings. The van der Waals surface area contributed by atoms with E-state index in [-0.39, 0.29) is 12.3 Å². The number of rotatable bonds is 2. The molecule has 1 heterocycles. The van der Waals surface area contributed by atoms with Crippen LogP contribution in [0.5, 0.6) is 0 Å². The van der Waals surface area contributed by atoms with Gasteiger partial charge in [-0.1, -0.05) is 18.2 Å². The van der Waals surface area contributed by atoms with Gasteiger partial charge in [0.25, 0.3) is 5.69 Å². The molecule has 0 N–H and O–H groups in total. The number of hydrogen-bond donors (Lipinski definition) is 0. The maximum Gasteiger partial charge on any atom is 0.418 e. The van der Waals surface area contributed by atoms with Gasteiger partial charge in [-0.2, -0.15) is 26.3 Å². The van der Waals surface area contributed by atoms with Crippen LogP contribution in [0, 0.1) is 10.1 Å². The first-order valence-electron chi connectivity index (χ1n) is 5.90. The van der Waals surface area contributed by atoms with E-state index < -0.39 is 45.3 Å². The minimum atomic E-state index is -4.90. The van der Waals surface area contributed by atoms with Crippen molar-refractivity contribution in [3.63, 3.8) is 0 Å². The van der Waals surface area contributed by atoms with Crippen LogP contribution < -0.4 is 0 Å². The molecule has 122 valence electrons. The quantitative estimate of drug-likeness (QED) is 0.454. The fourth-order valence-electron chi connectivity index (χ4n) is 1.89. The van der Waals surface area contributed by atoms with E-state index in [4.69, 9.17) is 0 Å². The number of nitrogens with zero attached hydrogens (tertiary/aromatic N) is 2. The van der Waals surface area contributed by atoms with Gasteiger partial charge in [-0.25, -0.2) is 4.98 Å². The van der Waals surface area contributed by atoms with Gasteiger partial charge in [-0.15, -0.1) is 0 Å². The van der Waals surface area contributed by atoms with Crippen molar-refractivity contribution in [3.8, 4) is 11.3 Å².